The second kappa shape index (κ2) is 43.3. The van der Waals surface area contributed by atoms with Gasteiger partial charge in [0, 0.05) is 90.1 Å². The van der Waals surface area contributed by atoms with Crippen LogP contribution in [-0.4, -0.2) is 84.5 Å². The summed E-state index contributed by atoms with van der Waals surface area (Å²) in [5.74, 6) is -0.761. The van der Waals surface area contributed by atoms with Gasteiger partial charge in [0.25, 0.3) is 0 Å². The molecule has 0 heterocycles. The fraction of sp³-hybridized carbons (Fsp3) is 0.824. The van der Waals surface area contributed by atoms with Gasteiger partial charge in [-0.1, -0.05) is 0 Å². The molecule has 0 unspecified atom stereocenters. The summed E-state index contributed by atoms with van der Waals surface area (Å²) in [6, 6.07) is 0. The average Bonchev–Trinajstić information content (AvgIpc) is 2.96. The lowest BCUT2D eigenvalue weighted by Gasteiger charge is -2.18. The average molecular weight is 577 g/mol. The molecule has 0 atom stereocenters. The smallest absolute Gasteiger partial charge is 0.407 e. The minimum Gasteiger partial charge on any atom is -0.447 e. The molecule has 0 aromatic heterocycles. The molecule has 20 heteroatoms. The highest BCUT2D eigenvalue weighted by molar-refractivity contribution is 5.74. The van der Waals surface area contributed by atoms with Gasteiger partial charge in [0.05, 0.1) is 0 Å². The molecule has 0 radical (unpaired) electrons. The predicted molar refractivity (Wildman–Crippen MR) is 109 cm³/mol. The molecular weight excluding hydrogens is 545 g/mol. The summed E-state index contributed by atoms with van der Waals surface area (Å²) in [5, 5.41) is 5.09. The Morgan fingerprint density at radius 3 is 1.43 bits per heavy atom. The first kappa shape index (κ1) is 44.3. The molecule has 0 fully saturated rings. The Hall–Kier alpha value is -2.74. The summed E-state index contributed by atoms with van der Waals surface area (Å²) in [6.07, 6.45) is -0.573. The van der Waals surface area contributed by atoms with Crippen LogP contribution in [0.1, 0.15) is 25.7 Å². The number of carbonyl (C=O) groups is 3. The predicted octanol–water partition coefficient (Wildman–Crippen LogP) is 4.04. The fourth-order valence-electron chi connectivity index (χ4n) is 1.93. The topological polar surface area (TPSA) is 133 Å². The van der Waals surface area contributed by atoms with Crippen molar-refractivity contribution in [3.05, 3.63) is 0 Å². The Morgan fingerprint density at radius 2 is 1.08 bits per heavy atom. The van der Waals surface area contributed by atoms with Crippen molar-refractivity contribution in [2.75, 3.05) is 60.3 Å². The molecule has 0 aromatic carbocycles. The van der Waals surface area contributed by atoms with Crippen molar-refractivity contribution in [2.45, 2.75) is 31.8 Å². The molecule has 0 aliphatic heterocycles. The molecule has 0 aliphatic rings. The molecule has 0 aromatic rings. The summed E-state index contributed by atoms with van der Waals surface area (Å²) < 4.78 is 101. The van der Waals surface area contributed by atoms with Crippen LogP contribution in [0, 0.1) is 0 Å². The quantitative estimate of drug-likeness (QED) is 0.134. The van der Waals surface area contributed by atoms with Crippen LogP contribution in [0.25, 0.3) is 0 Å². The Bertz CT molecular complexity index is 452. The van der Waals surface area contributed by atoms with Gasteiger partial charge in [0.1, 0.15) is 19.3 Å². The van der Waals surface area contributed by atoms with E-state index in [9.17, 15) is 18.9 Å². The summed E-state index contributed by atoms with van der Waals surface area (Å²) >= 11 is 0. The lowest BCUT2D eigenvalue weighted by molar-refractivity contribution is -0.125. The van der Waals surface area contributed by atoms with Gasteiger partial charge in [-0.15, -0.1) is 4.48 Å². The molecule has 11 nitrogen and oxygen atoms in total. The zero-order valence-corrected chi connectivity index (χ0v) is 20.0. The zero-order valence-electron chi connectivity index (χ0n) is 20.0. The van der Waals surface area contributed by atoms with Gasteiger partial charge in [0.15, 0.2) is 0 Å². The van der Waals surface area contributed by atoms with E-state index in [1.54, 1.807) is 14.2 Å². The number of methoxy groups -OCH3 is 2. The molecular formula is C17H32F9N3O8. The van der Waals surface area contributed by atoms with Crippen LogP contribution >= 0.6 is 0 Å². The van der Waals surface area contributed by atoms with E-state index in [2.05, 4.69) is 10.6 Å². The SMILES string of the molecule is COCCCNC(=O)OCC(COC(=O)NCCCOC)OCCCC(=O)NF.FF.FF.FF.FF. The van der Waals surface area contributed by atoms with Crippen LogP contribution in [0.15, 0.2) is 0 Å². The van der Waals surface area contributed by atoms with Crippen molar-refractivity contribution >= 4 is 18.1 Å². The Balaban J connectivity index is -0.000000386. The van der Waals surface area contributed by atoms with E-state index in [0.717, 1.165) is 5.54 Å². The largest absolute Gasteiger partial charge is 0.447 e. The first-order chi connectivity index (χ1) is 18.0. The van der Waals surface area contributed by atoms with E-state index in [1.807, 2.05) is 0 Å². The van der Waals surface area contributed by atoms with Crippen molar-refractivity contribution in [1.82, 2.24) is 16.2 Å². The highest BCUT2D eigenvalue weighted by Gasteiger charge is 2.16. The minimum absolute atomic E-state index is 0.0646. The fourth-order valence-corrected chi connectivity index (χ4v) is 1.93. The van der Waals surface area contributed by atoms with Gasteiger partial charge < -0.3 is 34.3 Å². The number of carbonyl (C=O) groups excluding carboxylic acids is 3. The highest BCUT2D eigenvalue weighted by Crippen LogP contribution is 2.00. The second-order valence-electron chi connectivity index (χ2n) is 5.86. The van der Waals surface area contributed by atoms with Crippen LogP contribution in [0.2, 0.25) is 0 Å². The maximum atomic E-state index is 11.9. The second-order valence-corrected chi connectivity index (χ2v) is 5.86. The van der Waals surface area contributed by atoms with E-state index in [1.165, 1.54) is 0 Å². The minimum atomic E-state index is -0.761. The molecule has 37 heavy (non-hydrogen) atoms. The molecule has 0 saturated carbocycles. The van der Waals surface area contributed by atoms with E-state index in [0.29, 0.717) is 39.1 Å². The molecule has 3 N–H and O–H groups in total. The Labute approximate surface area is 206 Å². The number of ether oxygens (including phenoxy) is 5. The molecule has 0 rings (SSSR count). The molecule has 226 valence electrons. The summed E-state index contributed by atoms with van der Waals surface area (Å²) in [6.45, 7) is 1.55. The number of hydrogen-bond acceptors (Lipinski definition) is 8. The number of halogens is 9. The number of hydrogen-bond donors (Lipinski definition) is 3. The number of alkyl carbamates (subject to hydrolysis) is 2. The van der Waals surface area contributed by atoms with E-state index < -0.39 is 24.2 Å². The third kappa shape index (κ3) is 40.7. The Kier molecular flexibility index (Phi) is 51.9. The summed E-state index contributed by atoms with van der Waals surface area (Å²) in [7, 11) is 3.12. The molecule has 0 aliphatic carbocycles. The third-order valence-corrected chi connectivity index (χ3v) is 3.40. The van der Waals surface area contributed by atoms with E-state index >= 15 is 0 Å². The highest BCUT2D eigenvalue weighted by atomic mass is 20.0. The van der Waals surface area contributed by atoms with Crippen molar-refractivity contribution in [3.63, 3.8) is 0 Å². The normalized spacial score (nSPS) is 8.86. The third-order valence-electron chi connectivity index (χ3n) is 3.40. The first-order valence-corrected chi connectivity index (χ1v) is 9.90. The number of nitrogens with one attached hydrogen (secondary N) is 3. The van der Waals surface area contributed by atoms with Gasteiger partial charge in [0.2, 0.25) is 5.91 Å². The van der Waals surface area contributed by atoms with Gasteiger partial charge in [-0.05, 0) is 19.3 Å². The van der Waals surface area contributed by atoms with Crippen molar-refractivity contribution in [3.8, 4) is 0 Å². The van der Waals surface area contributed by atoms with Gasteiger partial charge in [-0.3, -0.25) is 4.79 Å². The maximum Gasteiger partial charge on any atom is 0.407 e. The van der Waals surface area contributed by atoms with Crippen LogP contribution in [0.5, 0.6) is 0 Å². The maximum absolute atomic E-state index is 11.9. The molecule has 0 bridgehead atoms. The standard InChI is InChI=1S/C17H32FN3O8.4F2/c1-25-9-4-7-19-16(23)28-12-14(27-11-3-6-15(22)21-18)13-29-17(24)20-8-5-10-26-2;4*1-2/h14H,3-13H2,1-2H3,(H,19,23)(H,20,24)(H,21,22);;;;. The van der Waals surface area contributed by atoms with Crippen LogP contribution in [-0.2, 0) is 28.5 Å². The molecule has 0 spiro atoms. The monoisotopic (exact) mass is 577 g/mol. The molecule has 3 amide bonds. The number of amides is 3. The van der Waals surface area contributed by atoms with E-state index in [4.69, 9.17) is 60.3 Å². The summed E-state index contributed by atoms with van der Waals surface area (Å²) in [5.41, 5.74) is 1.02. The van der Waals surface area contributed by atoms with Crippen LogP contribution in [0.3, 0.4) is 0 Å². The van der Waals surface area contributed by atoms with Crippen molar-refractivity contribution < 1.29 is 79.1 Å². The van der Waals surface area contributed by atoms with Crippen molar-refractivity contribution in [2.24, 2.45) is 0 Å². The van der Waals surface area contributed by atoms with Gasteiger partial charge >= 0.3 is 12.2 Å². The first-order valence-electron chi connectivity index (χ1n) is 9.90. The van der Waals surface area contributed by atoms with Gasteiger partial charge in [-0.25, -0.2) is 9.59 Å². The molecule has 0 saturated heterocycles. The number of rotatable bonds is 17. The van der Waals surface area contributed by atoms with Gasteiger partial charge in [-0.2, -0.15) is 5.54 Å². The lowest BCUT2D eigenvalue weighted by Crippen LogP contribution is -2.35. The van der Waals surface area contributed by atoms with Crippen molar-refractivity contribution in [1.29, 1.82) is 0 Å². The Morgan fingerprint density at radius 1 is 0.676 bits per heavy atom. The summed E-state index contributed by atoms with van der Waals surface area (Å²) in [4.78, 5) is 34.2. The van der Waals surface area contributed by atoms with Crippen LogP contribution < -0.4 is 16.2 Å². The zero-order chi connectivity index (χ0) is 29.7. The van der Waals surface area contributed by atoms with E-state index in [-0.39, 0.29) is 32.7 Å². The lowest BCUT2D eigenvalue weighted by atomic mass is 10.3. The van der Waals surface area contributed by atoms with Crippen LogP contribution in [0.4, 0.5) is 50.7 Å².